The van der Waals surface area contributed by atoms with Crippen molar-refractivity contribution in [3.63, 3.8) is 0 Å². The quantitative estimate of drug-likeness (QED) is 0.424. The predicted molar refractivity (Wildman–Crippen MR) is 44.4 cm³/mol. The summed E-state index contributed by atoms with van der Waals surface area (Å²) in [7, 11) is 2.19. The standard InChI is InChI=1S/C8H16N2O2/c1-9-4-6-10(7-5-9)3-2-8(11)12/h2-7H2,1H3,(H,11,12)/p+2. The fourth-order valence-electron chi connectivity index (χ4n) is 1.56. The van der Waals surface area contributed by atoms with Gasteiger partial charge in [-0.05, 0) is 0 Å². The zero-order valence-corrected chi connectivity index (χ0v) is 7.60. The Morgan fingerprint density at radius 1 is 1.33 bits per heavy atom. The van der Waals surface area contributed by atoms with Crippen LogP contribution in [-0.2, 0) is 4.79 Å². The van der Waals surface area contributed by atoms with Crippen molar-refractivity contribution >= 4 is 5.97 Å². The summed E-state index contributed by atoms with van der Waals surface area (Å²) in [4.78, 5) is 13.3. The van der Waals surface area contributed by atoms with Gasteiger partial charge in [0.15, 0.2) is 0 Å². The van der Waals surface area contributed by atoms with Crippen LogP contribution in [0.4, 0.5) is 0 Å². The van der Waals surface area contributed by atoms with E-state index in [1.807, 2.05) is 0 Å². The number of hydrogen-bond acceptors (Lipinski definition) is 1. The normalized spacial score (nSPS) is 30.1. The van der Waals surface area contributed by atoms with Gasteiger partial charge >= 0.3 is 5.97 Å². The molecule has 0 unspecified atom stereocenters. The minimum absolute atomic E-state index is 0.314. The predicted octanol–water partition coefficient (Wildman–Crippen LogP) is -3.13. The molecule has 4 heteroatoms. The molecule has 1 aliphatic rings. The first-order valence-electron chi connectivity index (χ1n) is 4.55. The average molecular weight is 174 g/mol. The smallest absolute Gasteiger partial charge is 0.309 e. The third-order valence-electron chi connectivity index (χ3n) is 2.50. The molecule has 0 aromatic rings. The lowest BCUT2D eigenvalue weighted by molar-refractivity contribution is -1.00. The zero-order valence-electron chi connectivity index (χ0n) is 7.60. The maximum absolute atomic E-state index is 10.3. The van der Waals surface area contributed by atoms with Gasteiger partial charge in [0.05, 0.1) is 20.0 Å². The van der Waals surface area contributed by atoms with Crippen molar-refractivity contribution in [2.75, 3.05) is 39.8 Å². The number of hydrogen-bond donors (Lipinski definition) is 3. The summed E-state index contributed by atoms with van der Waals surface area (Å²) >= 11 is 0. The highest BCUT2D eigenvalue weighted by atomic mass is 16.4. The number of aliphatic carboxylic acids is 1. The lowest BCUT2D eigenvalue weighted by Crippen LogP contribution is -3.27. The molecule has 0 bridgehead atoms. The summed E-state index contributed by atoms with van der Waals surface area (Å²) in [6.07, 6.45) is 0.314. The lowest BCUT2D eigenvalue weighted by atomic mass is 10.3. The first-order valence-corrected chi connectivity index (χ1v) is 4.55. The number of rotatable bonds is 3. The van der Waals surface area contributed by atoms with Gasteiger partial charge in [-0.2, -0.15) is 0 Å². The minimum atomic E-state index is -0.672. The third kappa shape index (κ3) is 3.19. The van der Waals surface area contributed by atoms with Crippen molar-refractivity contribution in [3.8, 4) is 0 Å². The Morgan fingerprint density at radius 2 is 1.92 bits per heavy atom. The maximum atomic E-state index is 10.3. The summed E-state index contributed by atoms with van der Waals surface area (Å²) in [5.74, 6) is -0.672. The highest BCUT2D eigenvalue weighted by Gasteiger charge is 2.19. The zero-order chi connectivity index (χ0) is 8.97. The summed E-state index contributed by atoms with van der Waals surface area (Å²) in [5, 5.41) is 8.48. The van der Waals surface area contributed by atoms with Gasteiger partial charge in [-0.15, -0.1) is 0 Å². The van der Waals surface area contributed by atoms with Crippen LogP contribution < -0.4 is 9.80 Å². The van der Waals surface area contributed by atoms with E-state index in [9.17, 15) is 4.79 Å². The van der Waals surface area contributed by atoms with Crippen LogP contribution in [0.5, 0.6) is 0 Å². The summed E-state index contributed by atoms with van der Waals surface area (Å²) in [6.45, 7) is 5.39. The maximum Gasteiger partial charge on any atom is 0.309 e. The second-order valence-corrected chi connectivity index (χ2v) is 3.60. The van der Waals surface area contributed by atoms with Gasteiger partial charge in [-0.1, -0.05) is 0 Å². The lowest BCUT2D eigenvalue weighted by Gasteiger charge is -2.26. The molecule has 0 atom stereocenters. The summed E-state index contributed by atoms with van der Waals surface area (Å²) in [5.41, 5.74) is 0. The molecule has 0 amide bonds. The summed E-state index contributed by atoms with van der Waals surface area (Å²) < 4.78 is 0. The monoisotopic (exact) mass is 174 g/mol. The molecule has 0 saturated carbocycles. The largest absolute Gasteiger partial charge is 0.481 e. The Hall–Kier alpha value is -0.610. The molecular weight excluding hydrogens is 156 g/mol. The number of nitrogens with one attached hydrogen (secondary N) is 2. The van der Waals surface area contributed by atoms with E-state index in [1.54, 1.807) is 4.90 Å². The van der Waals surface area contributed by atoms with E-state index in [1.165, 1.54) is 18.0 Å². The van der Waals surface area contributed by atoms with E-state index in [0.29, 0.717) is 6.42 Å². The highest BCUT2D eigenvalue weighted by molar-refractivity contribution is 5.66. The first-order chi connectivity index (χ1) is 5.68. The summed E-state index contributed by atoms with van der Waals surface area (Å²) in [6, 6.07) is 0. The SMILES string of the molecule is C[NH+]1CC[NH+](CCC(=O)O)CC1. The average Bonchev–Trinajstić information content (AvgIpc) is 2.03. The number of quaternary nitrogens is 2. The molecule has 3 N–H and O–H groups in total. The van der Waals surface area contributed by atoms with Crippen LogP contribution in [0.25, 0.3) is 0 Å². The molecule has 1 rings (SSSR count). The second kappa shape index (κ2) is 4.42. The fraction of sp³-hybridized carbons (Fsp3) is 0.875. The molecule has 12 heavy (non-hydrogen) atoms. The number of carboxylic acids is 1. The van der Waals surface area contributed by atoms with Gasteiger partial charge in [0, 0.05) is 0 Å². The van der Waals surface area contributed by atoms with Gasteiger partial charge < -0.3 is 14.9 Å². The van der Waals surface area contributed by atoms with Gasteiger partial charge in [-0.3, -0.25) is 4.79 Å². The van der Waals surface area contributed by atoms with E-state index >= 15 is 0 Å². The van der Waals surface area contributed by atoms with Crippen LogP contribution in [0.2, 0.25) is 0 Å². The van der Waals surface area contributed by atoms with Gasteiger partial charge in [0.1, 0.15) is 26.2 Å². The number of likely N-dealkylation sites (N-methyl/N-ethyl adjacent to an activating group) is 1. The Balaban J connectivity index is 2.13. The van der Waals surface area contributed by atoms with E-state index < -0.39 is 5.97 Å². The molecule has 1 heterocycles. The molecule has 0 aromatic carbocycles. The van der Waals surface area contributed by atoms with E-state index in [0.717, 1.165) is 19.6 Å². The van der Waals surface area contributed by atoms with Crippen molar-refractivity contribution in [3.05, 3.63) is 0 Å². The third-order valence-corrected chi connectivity index (χ3v) is 2.50. The van der Waals surface area contributed by atoms with Gasteiger partial charge in [0.25, 0.3) is 0 Å². The van der Waals surface area contributed by atoms with Crippen molar-refractivity contribution in [1.82, 2.24) is 0 Å². The number of carboxylic acid groups (broad SMARTS) is 1. The Bertz CT molecular complexity index is 153. The molecular formula is C8H18N2O2+2. The first kappa shape index (κ1) is 9.48. The van der Waals surface area contributed by atoms with Crippen LogP contribution in [0.3, 0.4) is 0 Å². The molecule has 0 aliphatic carbocycles. The Labute approximate surface area is 72.8 Å². The van der Waals surface area contributed by atoms with Crippen molar-refractivity contribution in [2.45, 2.75) is 6.42 Å². The van der Waals surface area contributed by atoms with Crippen LogP contribution >= 0.6 is 0 Å². The van der Waals surface area contributed by atoms with Crippen LogP contribution in [0, 0.1) is 0 Å². The minimum Gasteiger partial charge on any atom is -0.481 e. The Morgan fingerprint density at radius 3 is 2.42 bits per heavy atom. The molecule has 1 saturated heterocycles. The molecule has 1 fully saturated rings. The van der Waals surface area contributed by atoms with Gasteiger partial charge in [0.2, 0.25) is 0 Å². The second-order valence-electron chi connectivity index (χ2n) is 3.60. The molecule has 0 radical (unpaired) electrons. The molecule has 0 spiro atoms. The highest BCUT2D eigenvalue weighted by Crippen LogP contribution is 1.71. The number of carbonyl (C=O) groups is 1. The Kier molecular flexibility index (Phi) is 3.49. The van der Waals surface area contributed by atoms with Crippen LogP contribution in [-0.4, -0.2) is 50.8 Å². The van der Waals surface area contributed by atoms with Crippen LogP contribution in [0.1, 0.15) is 6.42 Å². The fourth-order valence-corrected chi connectivity index (χ4v) is 1.56. The molecule has 4 nitrogen and oxygen atoms in total. The van der Waals surface area contributed by atoms with Crippen molar-refractivity contribution < 1.29 is 19.7 Å². The topological polar surface area (TPSA) is 46.2 Å². The number of piperazine rings is 1. The van der Waals surface area contributed by atoms with Crippen LogP contribution in [0.15, 0.2) is 0 Å². The van der Waals surface area contributed by atoms with E-state index in [-0.39, 0.29) is 0 Å². The van der Waals surface area contributed by atoms with Crippen molar-refractivity contribution in [1.29, 1.82) is 0 Å². The molecule has 0 aromatic heterocycles. The van der Waals surface area contributed by atoms with Crippen molar-refractivity contribution in [2.24, 2.45) is 0 Å². The molecule has 70 valence electrons. The van der Waals surface area contributed by atoms with E-state index in [2.05, 4.69) is 7.05 Å². The van der Waals surface area contributed by atoms with Gasteiger partial charge in [-0.25, -0.2) is 0 Å². The van der Waals surface area contributed by atoms with E-state index in [4.69, 9.17) is 5.11 Å². The molecule has 1 aliphatic heterocycles.